The third kappa shape index (κ3) is 1.45. The van der Waals surface area contributed by atoms with Crippen LogP contribution in [0.5, 0.6) is 11.5 Å². The van der Waals surface area contributed by atoms with Crippen molar-refractivity contribution >= 4 is 5.69 Å². The number of ether oxygens (including phenoxy) is 2. The molecule has 4 nitrogen and oxygen atoms in total. The zero-order valence-corrected chi connectivity index (χ0v) is 12.6. The highest BCUT2D eigenvalue weighted by Crippen LogP contribution is 2.53. The zero-order valence-electron chi connectivity index (χ0n) is 12.6. The third-order valence-electron chi connectivity index (χ3n) is 5.26. The van der Waals surface area contributed by atoms with Crippen molar-refractivity contribution in [3.63, 3.8) is 0 Å². The number of benzene rings is 2. The van der Waals surface area contributed by atoms with Gasteiger partial charge in [-0.3, -0.25) is 4.90 Å². The Morgan fingerprint density at radius 3 is 2.86 bits per heavy atom. The highest BCUT2D eigenvalue weighted by Gasteiger charge is 2.36. The summed E-state index contributed by atoms with van der Waals surface area (Å²) in [5.74, 6) is 1.70. The lowest BCUT2D eigenvalue weighted by atomic mass is 9.76. The van der Waals surface area contributed by atoms with Crippen LogP contribution in [-0.4, -0.2) is 25.3 Å². The average molecular weight is 294 g/mol. The van der Waals surface area contributed by atoms with Gasteiger partial charge in [-0.25, -0.2) is 0 Å². The van der Waals surface area contributed by atoms with Crippen LogP contribution in [-0.2, 0) is 12.8 Å². The largest absolute Gasteiger partial charge is 0.454 e. The van der Waals surface area contributed by atoms with Crippen LogP contribution in [0.25, 0.3) is 11.1 Å². The molecular formula is C18H18N2O2. The molecule has 0 saturated carbocycles. The second kappa shape index (κ2) is 4.17. The number of fused-ring (bicyclic) bond motifs is 4. The minimum Gasteiger partial charge on any atom is -0.454 e. The molecule has 1 atom stereocenters. The second-order valence-corrected chi connectivity index (χ2v) is 6.39. The number of hydrogen-bond donors (Lipinski definition) is 1. The van der Waals surface area contributed by atoms with Crippen LogP contribution in [0, 0.1) is 0 Å². The standard InChI is InChI=1S/C18H18N2O2/c1-20-7-6-10-2-4-12(19)17-15(10)13(20)8-11-3-5-14-18(16(11)17)22-9-21-14/h2-5,13H,6-9,19H2,1H3. The van der Waals surface area contributed by atoms with Crippen molar-refractivity contribution in [3.8, 4) is 22.6 Å². The van der Waals surface area contributed by atoms with Gasteiger partial charge in [-0.1, -0.05) is 12.1 Å². The zero-order chi connectivity index (χ0) is 14.8. The molecule has 112 valence electrons. The van der Waals surface area contributed by atoms with Crippen molar-refractivity contribution < 1.29 is 9.47 Å². The van der Waals surface area contributed by atoms with E-state index in [-0.39, 0.29) is 0 Å². The molecule has 5 rings (SSSR count). The number of nitrogen functional groups attached to an aromatic ring is 1. The van der Waals surface area contributed by atoms with Crippen LogP contribution in [0.2, 0.25) is 0 Å². The summed E-state index contributed by atoms with van der Waals surface area (Å²) in [6, 6.07) is 8.84. The van der Waals surface area contributed by atoms with Gasteiger partial charge in [-0.2, -0.15) is 0 Å². The van der Waals surface area contributed by atoms with E-state index in [2.05, 4.69) is 24.1 Å². The number of likely N-dealkylation sites (N-methyl/N-ethyl adjacent to an activating group) is 1. The van der Waals surface area contributed by atoms with Gasteiger partial charge in [0, 0.05) is 29.4 Å². The SMILES string of the molecule is CN1CCc2ccc(N)c3c2C1Cc1ccc2c(c1-3)OCO2. The molecule has 3 aliphatic rings. The van der Waals surface area contributed by atoms with Crippen LogP contribution in [0.3, 0.4) is 0 Å². The Kier molecular flexibility index (Phi) is 2.34. The van der Waals surface area contributed by atoms with Crippen molar-refractivity contribution in [2.24, 2.45) is 0 Å². The summed E-state index contributed by atoms with van der Waals surface area (Å²) in [5.41, 5.74) is 13.7. The molecule has 1 unspecified atom stereocenters. The van der Waals surface area contributed by atoms with E-state index in [0.717, 1.165) is 47.7 Å². The smallest absolute Gasteiger partial charge is 0.231 e. The van der Waals surface area contributed by atoms with Crippen LogP contribution in [0.4, 0.5) is 5.69 Å². The van der Waals surface area contributed by atoms with Gasteiger partial charge in [-0.15, -0.1) is 0 Å². The van der Waals surface area contributed by atoms with E-state index >= 15 is 0 Å². The quantitative estimate of drug-likeness (QED) is 0.759. The number of nitrogens with two attached hydrogens (primary N) is 1. The Morgan fingerprint density at radius 2 is 1.95 bits per heavy atom. The molecule has 0 fully saturated rings. The first-order valence-corrected chi connectivity index (χ1v) is 7.77. The normalized spacial score (nSPS) is 21.4. The van der Waals surface area contributed by atoms with Gasteiger partial charge in [0.15, 0.2) is 11.5 Å². The topological polar surface area (TPSA) is 47.7 Å². The maximum Gasteiger partial charge on any atom is 0.231 e. The van der Waals surface area contributed by atoms with E-state index in [1.54, 1.807) is 0 Å². The lowest BCUT2D eigenvalue weighted by Crippen LogP contribution is -2.35. The molecule has 2 aliphatic heterocycles. The first-order valence-electron chi connectivity index (χ1n) is 7.77. The lowest BCUT2D eigenvalue weighted by Gasteiger charge is -2.40. The minimum absolute atomic E-state index is 0.296. The average Bonchev–Trinajstić information content (AvgIpc) is 3.01. The van der Waals surface area contributed by atoms with Crippen molar-refractivity contribution in [1.82, 2.24) is 4.90 Å². The summed E-state index contributed by atoms with van der Waals surface area (Å²) in [6.45, 7) is 1.39. The molecule has 2 N–H and O–H groups in total. The van der Waals surface area contributed by atoms with Gasteiger partial charge < -0.3 is 15.2 Å². The molecule has 0 aromatic heterocycles. The Hall–Kier alpha value is -2.20. The summed E-state index contributed by atoms with van der Waals surface area (Å²) < 4.78 is 11.3. The summed E-state index contributed by atoms with van der Waals surface area (Å²) in [7, 11) is 2.21. The molecule has 0 saturated heterocycles. The lowest BCUT2D eigenvalue weighted by molar-refractivity contribution is 0.174. The number of hydrogen-bond acceptors (Lipinski definition) is 4. The van der Waals surface area contributed by atoms with Crippen LogP contribution in [0.1, 0.15) is 22.7 Å². The van der Waals surface area contributed by atoms with Gasteiger partial charge in [0.2, 0.25) is 6.79 Å². The van der Waals surface area contributed by atoms with E-state index in [9.17, 15) is 0 Å². The second-order valence-electron chi connectivity index (χ2n) is 6.39. The first kappa shape index (κ1) is 12.4. The van der Waals surface area contributed by atoms with Crippen LogP contribution in [0.15, 0.2) is 24.3 Å². The number of rotatable bonds is 0. The molecule has 2 heterocycles. The highest BCUT2D eigenvalue weighted by molar-refractivity contribution is 5.90. The molecule has 22 heavy (non-hydrogen) atoms. The molecular weight excluding hydrogens is 276 g/mol. The molecule has 2 aromatic carbocycles. The van der Waals surface area contributed by atoms with E-state index in [1.165, 1.54) is 16.7 Å². The Labute approximate surface area is 129 Å². The molecule has 0 radical (unpaired) electrons. The predicted molar refractivity (Wildman–Crippen MR) is 85.2 cm³/mol. The highest BCUT2D eigenvalue weighted by atomic mass is 16.7. The van der Waals surface area contributed by atoms with Crippen LogP contribution < -0.4 is 15.2 Å². The molecule has 1 aliphatic carbocycles. The van der Waals surface area contributed by atoms with Crippen molar-refractivity contribution in [2.45, 2.75) is 18.9 Å². The predicted octanol–water partition coefficient (Wildman–Crippen LogP) is 2.75. The van der Waals surface area contributed by atoms with Crippen molar-refractivity contribution in [3.05, 3.63) is 41.0 Å². The fraction of sp³-hybridized carbons (Fsp3) is 0.333. The molecule has 2 aromatic rings. The molecule has 4 heteroatoms. The first-order chi connectivity index (χ1) is 10.7. The maximum absolute atomic E-state index is 6.39. The Bertz CT molecular complexity index is 800. The van der Waals surface area contributed by atoms with E-state index in [4.69, 9.17) is 15.2 Å². The summed E-state index contributed by atoms with van der Waals surface area (Å²) in [6.07, 6.45) is 2.09. The van der Waals surface area contributed by atoms with Gasteiger partial charge in [0.1, 0.15) is 0 Å². The van der Waals surface area contributed by atoms with Gasteiger partial charge >= 0.3 is 0 Å². The number of nitrogens with zero attached hydrogens (tertiary/aromatic N) is 1. The fourth-order valence-corrected chi connectivity index (χ4v) is 4.15. The van der Waals surface area contributed by atoms with Crippen molar-refractivity contribution in [1.29, 1.82) is 0 Å². The molecule has 0 spiro atoms. The van der Waals surface area contributed by atoms with Crippen LogP contribution >= 0.6 is 0 Å². The monoisotopic (exact) mass is 294 g/mol. The van der Waals surface area contributed by atoms with Crippen molar-refractivity contribution in [2.75, 3.05) is 26.1 Å². The Morgan fingerprint density at radius 1 is 1.09 bits per heavy atom. The minimum atomic E-state index is 0.296. The third-order valence-corrected chi connectivity index (χ3v) is 5.26. The van der Waals surface area contributed by atoms with E-state index in [1.807, 2.05) is 12.1 Å². The van der Waals surface area contributed by atoms with Gasteiger partial charge in [-0.05, 0) is 48.7 Å². The summed E-state index contributed by atoms with van der Waals surface area (Å²) in [5, 5.41) is 0. The van der Waals surface area contributed by atoms with E-state index < -0.39 is 0 Å². The Balaban J connectivity index is 1.87. The number of anilines is 1. The summed E-state index contributed by atoms with van der Waals surface area (Å²) >= 11 is 0. The fourth-order valence-electron chi connectivity index (χ4n) is 4.15. The van der Waals surface area contributed by atoms with E-state index in [0.29, 0.717) is 12.8 Å². The maximum atomic E-state index is 6.39. The van der Waals surface area contributed by atoms with Gasteiger partial charge in [0.05, 0.1) is 0 Å². The van der Waals surface area contributed by atoms with Gasteiger partial charge in [0.25, 0.3) is 0 Å². The molecule has 0 amide bonds. The molecule has 0 bridgehead atoms. The summed E-state index contributed by atoms with van der Waals surface area (Å²) in [4.78, 5) is 2.44.